The van der Waals surface area contributed by atoms with Crippen molar-refractivity contribution < 1.29 is 18.3 Å². The zero-order valence-corrected chi connectivity index (χ0v) is 12.0. The van der Waals surface area contributed by atoms with Crippen molar-refractivity contribution in [2.24, 2.45) is 0 Å². The molecule has 1 aliphatic rings. The van der Waals surface area contributed by atoms with Crippen LogP contribution in [0.1, 0.15) is 41.4 Å². The molecule has 1 N–H and O–H groups in total. The van der Waals surface area contributed by atoms with E-state index in [9.17, 15) is 18.3 Å². The van der Waals surface area contributed by atoms with Crippen LogP contribution in [-0.4, -0.2) is 21.3 Å². The number of aliphatic hydroxyl groups excluding tert-OH is 1. The SMILES string of the molecule is OCC1CCCn2c1cnc2Cc1ccc(C(F)(F)F)cc1. The first-order valence-electron chi connectivity index (χ1n) is 7.30. The molecule has 3 rings (SSSR count). The lowest BCUT2D eigenvalue weighted by Crippen LogP contribution is -2.19. The zero-order chi connectivity index (χ0) is 15.7. The van der Waals surface area contributed by atoms with E-state index in [0.717, 1.165) is 48.6 Å². The third kappa shape index (κ3) is 2.88. The van der Waals surface area contributed by atoms with Crippen LogP contribution < -0.4 is 0 Å². The molecule has 0 radical (unpaired) electrons. The van der Waals surface area contributed by atoms with E-state index >= 15 is 0 Å². The van der Waals surface area contributed by atoms with Gasteiger partial charge in [0.25, 0.3) is 0 Å². The van der Waals surface area contributed by atoms with Gasteiger partial charge in [-0.05, 0) is 30.5 Å². The minimum absolute atomic E-state index is 0.103. The first-order valence-corrected chi connectivity index (χ1v) is 7.30. The second-order valence-corrected chi connectivity index (χ2v) is 5.64. The Morgan fingerprint density at radius 3 is 2.59 bits per heavy atom. The summed E-state index contributed by atoms with van der Waals surface area (Å²) in [5.41, 5.74) is 1.19. The van der Waals surface area contributed by atoms with Crippen molar-refractivity contribution in [1.82, 2.24) is 9.55 Å². The van der Waals surface area contributed by atoms with Crippen molar-refractivity contribution in [1.29, 1.82) is 0 Å². The molecule has 22 heavy (non-hydrogen) atoms. The largest absolute Gasteiger partial charge is 0.416 e. The molecule has 0 saturated heterocycles. The van der Waals surface area contributed by atoms with Crippen LogP contribution in [0.5, 0.6) is 0 Å². The predicted molar refractivity (Wildman–Crippen MR) is 75.5 cm³/mol. The lowest BCUT2D eigenvalue weighted by atomic mass is 9.97. The van der Waals surface area contributed by atoms with Crippen LogP contribution in [0.4, 0.5) is 13.2 Å². The third-order valence-corrected chi connectivity index (χ3v) is 4.19. The fourth-order valence-corrected chi connectivity index (χ4v) is 2.98. The van der Waals surface area contributed by atoms with Crippen LogP contribution in [0.25, 0.3) is 0 Å². The molecule has 3 nitrogen and oxygen atoms in total. The highest BCUT2D eigenvalue weighted by atomic mass is 19.4. The fraction of sp³-hybridized carbons (Fsp3) is 0.438. The number of nitrogens with zero attached hydrogens (tertiary/aromatic N) is 2. The molecule has 1 aliphatic heterocycles. The van der Waals surface area contributed by atoms with E-state index in [1.54, 1.807) is 6.20 Å². The highest BCUT2D eigenvalue weighted by Gasteiger charge is 2.30. The van der Waals surface area contributed by atoms with Crippen molar-refractivity contribution in [3.05, 3.63) is 53.1 Å². The summed E-state index contributed by atoms with van der Waals surface area (Å²) in [4.78, 5) is 4.39. The number of fused-ring (bicyclic) bond motifs is 1. The zero-order valence-electron chi connectivity index (χ0n) is 12.0. The first kappa shape index (κ1) is 15.1. The van der Waals surface area contributed by atoms with Crippen LogP contribution in [-0.2, 0) is 19.1 Å². The molecule has 6 heteroatoms. The van der Waals surface area contributed by atoms with Gasteiger partial charge in [0.1, 0.15) is 5.82 Å². The summed E-state index contributed by atoms with van der Waals surface area (Å²) in [5.74, 6) is 0.954. The van der Waals surface area contributed by atoms with E-state index in [1.807, 2.05) is 0 Å². The molecule has 0 saturated carbocycles. The monoisotopic (exact) mass is 310 g/mol. The summed E-state index contributed by atoms with van der Waals surface area (Å²) in [5, 5.41) is 9.40. The van der Waals surface area contributed by atoms with Crippen LogP contribution in [0.2, 0.25) is 0 Å². The number of hydrogen-bond donors (Lipinski definition) is 1. The molecule has 0 aliphatic carbocycles. The van der Waals surface area contributed by atoms with Gasteiger partial charge in [-0.15, -0.1) is 0 Å². The molecule has 2 aromatic rings. The number of benzene rings is 1. The lowest BCUT2D eigenvalue weighted by molar-refractivity contribution is -0.137. The molecular formula is C16H17F3N2O. The smallest absolute Gasteiger partial charge is 0.396 e. The maximum Gasteiger partial charge on any atom is 0.416 e. The average Bonchev–Trinajstić information content (AvgIpc) is 2.90. The van der Waals surface area contributed by atoms with Crippen molar-refractivity contribution in [2.75, 3.05) is 6.61 Å². The van der Waals surface area contributed by atoms with E-state index in [0.29, 0.717) is 6.42 Å². The quantitative estimate of drug-likeness (QED) is 0.944. The molecule has 0 amide bonds. The Morgan fingerprint density at radius 1 is 1.23 bits per heavy atom. The van der Waals surface area contributed by atoms with Gasteiger partial charge < -0.3 is 9.67 Å². The normalized spacial score (nSPS) is 18.3. The topological polar surface area (TPSA) is 38.0 Å². The minimum Gasteiger partial charge on any atom is -0.396 e. The Balaban J connectivity index is 1.81. The number of rotatable bonds is 3. The highest BCUT2D eigenvalue weighted by Crippen LogP contribution is 2.30. The Morgan fingerprint density at radius 2 is 1.95 bits per heavy atom. The molecular weight excluding hydrogens is 293 g/mol. The minimum atomic E-state index is -4.31. The third-order valence-electron chi connectivity index (χ3n) is 4.19. The maximum atomic E-state index is 12.6. The number of hydrogen-bond acceptors (Lipinski definition) is 2. The van der Waals surface area contributed by atoms with E-state index in [1.165, 1.54) is 12.1 Å². The number of aliphatic hydroxyl groups is 1. The summed E-state index contributed by atoms with van der Waals surface area (Å²) in [6.45, 7) is 0.952. The Hall–Kier alpha value is -1.82. The molecule has 0 spiro atoms. The highest BCUT2D eigenvalue weighted by molar-refractivity contribution is 5.27. The molecule has 0 bridgehead atoms. The van der Waals surface area contributed by atoms with E-state index in [-0.39, 0.29) is 12.5 Å². The van der Waals surface area contributed by atoms with Gasteiger partial charge >= 0.3 is 6.18 Å². The maximum absolute atomic E-state index is 12.6. The van der Waals surface area contributed by atoms with Gasteiger partial charge in [0.05, 0.1) is 12.2 Å². The van der Waals surface area contributed by atoms with Gasteiger partial charge in [-0.1, -0.05) is 12.1 Å². The van der Waals surface area contributed by atoms with Gasteiger partial charge in [0, 0.05) is 30.8 Å². The second kappa shape index (κ2) is 5.76. The molecule has 1 aromatic carbocycles. The second-order valence-electron chi connectivity index (χ2n) is 5.64. The van der Waals surface area contributed by atoms with Crippen LogP contribution in [0.3, 0.4) is 0 Å². The van der Waals surface area contributed by atoms with Gasteiger partial charge in [-0.2, -0.15) is 13.2 Å². The molecule has 1 atom stereocenters. The van der Waals surface area contributed by atoms with Crippen LogP contribution in [0, 0.1) is 0 Å². The summed E-state index contributed by atoms with van der Waals surface area (Å²) in [6.07, 6.45) is -0.106. The first-order chi connectivity index (χ1) is 10.5. The number of halogens is 3. The van der Waals surface area contributed by atoms with Crippen LogP contribution >= 0.6 is 0 Å². The molecule has 118 valence electrons. The Kier molecular flexibility index (Phi) is 3.95. The van der Waals surface area contributed by atoms with Gasteiger partial charge in [0.15, 0.2) is 0 Å². The fourth-order valence-electron chi connectivity index (χ4n) is 2.98. The Bertz CT molecular complexity index is 646. The van der Waals surface area contributed by atoms with Crippen molar-refractivity contribution >= 4 is 0 Å². The predicted octanol–water partition coefficient (Wildman–Crippen LogP) is 3.36. The van der Waals surface area contributed by atoms with E-state index in [4.69, 9.17) is 0 Å². The summed E-state index contributed by atoms with van der Waals surface area (Å²) in [6, 6.07) is 5.20. The van der Waals surface area contributed by atoms with Crippen molar-refractivity contribution in [3.8, 4) is 0 Å². The number of imidazole rings is 1. The van der Waals surface area contributed by atoms with Gasteiger partial charge in [-0.3, -0.25) is 0 Å². The summed E-state index contributed by atoms with van der Waals surface area (Å²) < 4.78 is 39.8. The van der Waals surface area contributed by atoms with E-state index < -0.39 is 11.7 Å². The van der Waals surface area contributed by atoms with Crippen molar-refractivity contribution in [2.45, 2.75) is 37.9 Å². The van der Waals surface area contributed by atoms with Crippen LogP contribution in [0.15, 0.2) is 30.5 Å². The average molecular weight is 310 g/mol. The molecule has 0 fully saturated rings. The van der Waals surface area contributed by atoms with E-state index in [2.05, 4.69) is 9.55 Å². The molecule has 1 unspecified atom stereocenters. The number of aromatic nitrogens is 2. The van der Waals surface area contributed by atoms with Gasteiger partial charge in [-0.25, -0.2) is 4.98 Å². The van der Waals surface area contributed by atoms with Crippen molar-refractivity contribution in [3.63, 3.8) is 0 Å². The Labute approximate surface area is 126 Å². The molecule has 1 aromatic heterocycles. The van der Waals surface area contributed by atoms with Gasteiger partial charge in [0.2, 0.25) is 0 Å². The standard InChI is InChI=1S/C16H17F3N2O/c17-16(18,19)13-5-3-11(4-6-13)8-15-20-9-14-12(10-22)2-1-7-21(14)15/h3-6,9,12,22H,1-2,7-8,10H2. The number of alkyl halides is 3. The summed E-state index contributed by atoms with van der Waals surface area (Å²) >= 11 is 0. The molecule has 2 heterocycles. The summed E-state index contributed by atoms with van der Waals surface area (Å²) in [7, 11) is 0. The lowest BCUT2D eigenvalue weighted by Gasteiger charge is -2.23.